The third kappa shape index (κ3) is 4.46. The average Bonchev–Trinajstić information content (AvgIpc) is 2.56. The molecule has 0 bridgehead atoms. The predicted molar refractivity (Wildman–Crippen MR) is 91.5 cm³/mol. The van der Waals surface area contributed by atoms with Gasteiger partial charge in [-0.05, 0) is 46.0 Å². The first-order chi connectivity index (χ1) is 11.1. The summed E-state index contributed by atoms with van der Waals surface area (Å²) >= 11 is 0. The molecule has 3 aliphatic rings. The van der Waals surface area contributed by atoms with Crippen LogP contribution in [0.4, 0.5) is 0 Å². The summed E-state index contributed by atoms with van der Waals surface area (Å²) in [7, 11) is 0. The number of nitrogens with zero attached hydrogens (tertiary/aromatic N) is 3. The topological polar surface area (TPSA) is 36.0 Å². The fourth-order valence-electron chi connectivity index (χ4n) is 4.37. The van der Waals surface area contributed by atoms with E-state index >= 15 is 0 Å². The number of likely N-dealkylation sites (tertiary alicyclic amines) is 2. The van der Waals surface area contributed by atoms with E-state index in [-0.39, 0.29) is 0 Å². The third-order valence-corrected chi connectivity index (χ3v) is 5.83. The Bertz CT molecular complexity index is 396. The van der Waals surface area contributed by atoms with Crippen LogP contribution < -0.4 is 0 Å². The Morgan fingerprint density at radius 3 is 2.52 bits per heavy atom. The van der Waals surface area contributed by atoms with Crippen molar-refractivity contribution >= 4 is 5.91 Å². The lowest BCUT2D eigenvalue weighted by Crippen LogP contribution is -2.53. The van der Waals surface area contributed by atoms with Crippen LogP contribution in [0, 0.1) is 0 Å². The van der Waals surface area contributed by atoms with Crippen LogP contribution in [0.2, 0.25) is 0 Å². The lowest BCUT2D eigenvalue weighted by atomic mass is 10.0. The molecule has 0 N–H and O–H groups in total. The standard InChI is InChI=1S/C18H33N3O2/c1-15-5-3-4-8-21(15)18(22)14-19-9-6-17(7-10-19)20-11-12-23-16(2)13-20/h15-17H,3-14H2,1-2H3. The summed E-state index contributed by atoms with van der Waals surface area (Å²) in [5, 5.41) is 0. The van der Waals surface area contributed by atoms with E-state index in [1.807, 2.05) is 0 Å². The molecule has 0 aromatic carbocycles. The Kier molecular flexibility index (Phi) is 5.94. The van der Waals surface area contributed by atoms with E-state index in [1.54, 1.807) is 0 Å². The van der Waals surface area contributed by atoms with Gasteiger partial charge in [0.15, 0.2) is 0 Å². The van der Waals surface area contributed by atoms with E-state index in [4.69, 9.17) is 4.74 Å². The average molecular weight is 323 g/mol. The van der Waals surface area contributed by atoms with Gasteiger partial charge < -0.3 is 9.64 Å². The van der Waals surface area contributed by atoms with Gasteiger partial charge in [0.1, 0.15) is 0 Å². The number of carbonyl (C=O) groups excluding carboxylic acids is 1. The number of ether oxygens (including phenoxy) is 1. The summed E-state index contributed by atoms with van der Waals surface area (Å²) in [6, 6.07) is 1.12. The normalized spacial score (nSPS) is 32.2. The fourth-order valence-corrected chi connectivity index (χ4v) is 4.37. The smallest absolute Gasteiger partial charge is 0.236 e. The summed E-state index contributed by atoms with van der Waals surface area (Å²) in [5.74, 6) is 0.343. The fraction of sp³-hybridized carbons (Fsp3) is 0.944. The van der Waals surface area contributed by atoms with Gasteiger partial charge in [0.2, 0.25) is 5.91 Å². The molecule has 1 amide bonds. The molecule has 3 rings (SSSR count). The first kappa shape index (κ1) is 17.2. The molecule has 0 spiro atoms. The number of rotatable bonds is 3. The highest BCUT2D eigenvalue weighted by Crippen LogP contribution is 2.21. The van der Waals surface area contributed by atoms with Crippen molar-refractivity contribution in [2.45, 2.75) is 64.1 Å². The molecular weight excluding hydrogens is 290 g/mol. The minimum atomic E-state index is 0.343. The molecule has 2 unspecified atom stereocenters. The molecule has 0 aromatic rings. The second-order valence-corrected chi connectivity index (χ2v) is 7.62. The highest BCUT2D eigenvalue weighted by atomic mass is 16.5. The maximum absolute atomic E-state index is 12.6. The van der Waals surface area contributed by atoms with E-state index in [0.717, 1.165) is 39.3 Å². The van der Waals surface area contributed by atoms with Crippen LogP contribution in [0.5, 0.6) is 0 Å². The van der Waals surface area contributed by atoms with Crippen LogP contribution in [0.25, 0.3) is 0 Å². The van der Waals surface area contributed by atoms with Crippen LogP contribution >= 0.6 is 0 Å². The molecule has 5 heteroatoms. The summed E-state index contributed by atoms with van der Waals surface area (Å²) in [6.07, 6.45) is 6.36. The van der Waals surface area contributed by atoms with Gasteiger partial charge in [0, 0.05) is 44.8 Å². The first-order valence-corrected chi connectivity index (χ1v) is 9.51. The second kappa shape index (κ2) is 7.95. The predicted octanol–water partition coefficient (Wildman–Crippen LogP) is 1.57. The number of amides is 1. The van der Waals surface area contributed by atoms with Gasteiger partial charge in [-0.15, -0.1) is 0 Å². The summed E-state index contributed by atoms with van der Waals surface area (Å²) in [5.41, 5.74) is 0. The highest BCUT2D eigenvalue weighted by Gasteiger charge is 2.30. The Morgan fingerprint density at radius 1 is 1.04 bits per heavy atom. The van der Waals surface area contributed by atoms with Gasteiger partial charge in [0.05, 0.1) is 19.3 Å². The van der Waals surface area contributed by atoms with Crippen molar-refractivity contribution in [3.8, 4) is 0 Å². The first-order valence-electron chi connectivity index (χ1n) is 9.51. The van der Waals surface area contributed by atoms with Gasteiger partial charge in [-0.2, -0.15) is 0 Å². The molecule has 3 saturated heterocycles. The van der Waals surface area contributed by atoms with E-state index in [0.29, 0.717) is 30.6 Å². The molecule has 0 radical (unpaired) electrons. The zero-order chi connectivity index (χ0) is 16.2. The van der Waals surface area contributed by atoms with E-state index in [2.05, 4.69) is 28.5 Å². The largest absolute Gasteiger partial charge is 0.376 e. The maximum atomic E-state index is 12.6. The van der Waals surface area contributed by atoms with Crippen molar-refractivity contribution < 1.29 is 9.53 Å². The molecule has 23 heavy (non-hydrogen) atoms. The van der Waals surface area contributed by atoms with Crippen molar-refractivity contribution in [1.29, 1.82) is 0 Å². The van der Waals surface area contributed by atoms with Crippen molar-refractivity contribution in [2.75, 3.05) is 45.9 Å². The summed E-state index contributed by atoms with van der Waals surface area (Å²) in [4.78, 5) is 19.6. The van der Waals surface area contributed by atoms with Crippen LogP contribution in [-0.2, 0) is 9.53 Å². The molecule has 0 saturated carbocycles. The molecule has 132 valence electrons. The van der Waals surface area contributed by atoms with Crippen LogP contribution in [0.15, 0.2) is 0 Å². The monoisotopic (exact) mass is 323 g/mol. The molecule has 5 nitrogen and oxygen atoms in total. The van der Waals surface area contributed by atoms with E-state index in [1.165, 1.54) is 32.1 Å². The minimum absolute atomic E-state index is 0.343. The Morgan fingerprint density at radius 2 is 1.83 bits per heavy atom. The van der Waals surface area contributed by atoms with Crippen molar-refractivity contribution in [3.05, 3.63) is 0 Å². The van der Waals surface area contributed by atoms with Crippen molar-refractivity contribution in [1.82, 2.24) is 14.7 Å². The second-order valence-electron chi connectivity index (χ2n) is 7.62. The Balaban J connectivity index is 1.43. The lowest BCUT2D eigenvalue weighted by molar-refractivity contribution is -0.136. The molecule has 3 heterocycles. The zero-order valence-electron chi connectivity index (χ0n) is 14.9. The maximum Gasteiger partial charge on any atom is 0.236 e. The van der Waals surface area contributed by atoms with Crippen LogP contribution in [-0.4, -0.2) is 84.7 Å². The van der Waals surface area contributed by atoms with Crippen molar-refractivity contribution in [3.63, 3.8) is 0 Å². The van der Waals surface area contributed by atoms with Gasteiger partial charge in [-0.3, -0.25) is 14.6 Å². The van der Waals surface area contributed by atoms with Gasteiger partial charge in [-0.1, -0.05) is 0 Å². The number of carbonyl (C=O) groups is 1. The molecule has 0 aromatic heterocycles. The molecule has 3 aliphatic heterocycles. The Labute approximate surface area is 140 Å². The van der Waals surface area contributed by atoms with Crippen LogP contribution in [0.1, 0.15) is 46.0 Å². The van der Waals surface area contributed by atoms with Crippen molar-refractivity contribution in [2.24, 2.45) is 0 Å². The number of hydrogen-bond donors (Lipinski definition) is 0. The third-order valence-electron chi connectivity index (χ3n) is 5.83. The lowest BCUT2D eigenvalue weighted by Gasteiger charge is -2.42. The van der Waals surface area contributed by atoms with Gasteiger partial charge in [0.25, 0.3) is 0 Å². The summed E-state index contributed by atoms with van der Waals surface area (Å²) < 4.78 is 5.65. The number of hydrogen-bond acceptors (Lipinski definition) is 4. The quantitative estimate of drug-likeness (QED) is 0.790. The van der Waals surface area contributed by atoms with Gasteiger partial charge in [-0.25, -0.2) is 0 Å². The van der Waals surface area contributed by atoms with E-state index in [9.17, 15) is 4.79 Å². The molecule has 3 fully saturated rings. The molecule has 0 aliphatic carbocycles. The number of piperidine rings is 2. The minimum Gasteiger partial charge on any atom is -0.376 e. The summed E-state index contributed by atoms with van der Waals surface area (Å²) in [6.45, 7) is 11.1. The van der Waals surface area contributed by atoms with Crippen LogP contribution in [0.3, 0.4) is 0 Å². The Hall–Kier alpha value is -0.650. The zero-order valence-corrected chi connectivity index (χ0v) is 14.9. The van der Waals surface area contributed by atoms with Gasteiger partial charge >= 0.3 is 0 Å². The SMILES string of the molecule is CC1CN(C2CCN(CC(=O)N3CCCCC3C)CC2)CCO1. The molecule has 2 atom stereocenters. The highest BCUT2D eigenvalue weighted by molar-refractivity contribution is 5.78. The van der Waals surface area contributed by atoms with E-state index < -0.39 is 0 Å². The molecular formula is C18H33N3O2. The number of morpholine rings is 1.